The van der Waals surface area contributed by atoms with Gasteiger partial charge in [0.25, 0.3) is 0 Å². The van der Waals surface area contributed by atoms with Gasteiger partial charge in [-0.25, -0.2) is 4.79 Å². The predicted molar refractivity (Wildman–Crippen MR) is 26.6 cm³/mol. The maximum absolute atomic E-state index is 10.00. The summed E-state index contributed by atoms with van der Waals surface area (Å²) in [4.78, 5) is 10.00. The molecular formula is C4H7NO3. The molecular weight excluding hydrogens is 110 g/mol. The molecule has 4 heteroatoms. The van der Waals surface area contributed by atoms with E-state index in [4.69, 9.17) is 10.5 Å². The van der Waals surface area contributed by atoms with Crippen molar-refractivity contribution in [3.63, 3.8) is 0 Å². The maximum Gasteiger partial charge on any atom is 0.350 e. The lowest BCUT2D eigenvalue weighted by molar-refractivity contribution is -0.155. The fourth-order valence-corrected chi connectivity index (χ4v) is 0.202. The minimum atomic E-state index is -1.12. The number of carbonyl (C=O) groups excluding carboxylic acids is 1. The SMILES string of the molecule is CC(O)OC(=O)C=N. The number of rotatable bonds is 2. The fraction of sp³-hybridized carbons (Fsp3) is 0.500. The van der Waals surface area contributed by atoms with Crippen LogP contribution in [-0.2, 0) is 9.53 Å². The summed E-state index contributed by atoms with van der Waals surface area (Å²) in [5, 5.41) is 14.6. The van der Waals surface area contributed by atoms with E-state index in [0.717, 1.165) is 0 Å². The number of nitrogens with one attached hydrogen (secondary N) is 1. The number of carbonyl (C=O) groups is 1. The number of esters is 1. The zero-order valence-corrected chi connectivity index (χ0v) is 4.42. The molecule has 8 heavy (non-hydrogen) atoms. The molecule has 0 aliphatic carbocycles. The van der Waals surface area contributed by atoms with Gasteiger partial charge in [0.15, 0.2) is 6.29 Å². The molecule has 0 saturated carbocycles. The van der Waals surface area contributed by atoms with Crippen LogP contribution in [0.3, 0.4) is 0 Å². The van der Waals surface area contributed by atoms with Gasteiger partial charge in [0.2, 0.25) is 0 Å². The van der Waals surface area contributed by atoms with Crippen LogP contribution in [0.4, 0.5) is 0 Å². The second-order valence-corrected chi connectivity index (χ2v) is 1.18. The standard InChI is InChI=1S/C4H7NO3/c1-3(6)8-4(7)2-5/h2-3,5-6H,1H3. The van der Waals surface area contributed by atoms with Crippen LogP contribution in [0.25, 0.3) is 0 Å². The summed E-state index contributed by atoms with van der Waals surface area (Å²) in [7, 11) is 0. The molecule has 0 rings (SSSR count). The van der Waals surface area contributed by atoms with Crippen molar-refractivity contribution in [2.45, 2.75) is 13.2 Å². The summed E-state index contributed by atoms with van der Waals surface area (Å²) in [6, 6.07) is 0. The highest BCUT2D eigenvalue weighted by atomic mass is 16.6. The summed E-state index contributed by atoms with van der Waals surface area (Å²) in [6.45, 7) is 1.29. The van der Waals surface area contributed by atoms with Crippen molar-refractivity contribution in [1.82, 2.24) is 0 Å². The Morgan fingerprint density at radius 1 is 2.00 bits per heavy atom. The van der Waals surface area contributed by atoms with Crippen molar-refractivity contribution >= 4 is 12.2 Å². The average Bonchev–Trinajstić information content (AvgIpc) is 1.65. The van der Waals surface area contributed by atoms with Gasteiger partial charge in [-0.1, -0.05) is 0 Å². The number of hydrogen-bond acceptors (Lipinski definition) is 4. The van der Waals surface area contributed by atoms with Crippen LogP contribution in [0.5, 0.6) is 0 Å². The third-order valence-electron chi connectivity index (χ3n) is 0.405. The topological polar surface area (TPSA) is 70.4 Å². The van der Waals surface area contributed by atoms with Crippen molar-refractivity contribution in [2.75, 3.05) is 0 Å². The molecule has 0 heterocycles. The van der Waals surface area contributed by atoms with Gasteiger partial charge in [0.1, 0.15) is 6.21 Å². The lowest BCUT2D eigenvalue weighted by Crippen LogP contribution is -2.13. The van der Waals surface area contributed by atoms with E-state index in [1.54, 1.807) is 0 Å². The largest absolute Gasteiger partial charge is 0.432 e. The van der Waals surface area contributed by atoms with Gasteiger partial charge in [-0.2, -0.15) is 0 Å². The van der Waals surface area contributed by atoms with Gasteiger partial charge in [-0.05, 0) is 6.92 Å². The summed E-state index contributed by atoms with van der Waals surface area (Å²) in [5.41, 5.74) is 0. The average molecular weight is 117 g/mol. The van der Waals surface area contributed by atoms with Gasteiger partial charge in [0.05, 0.1) is 0 Å². The van der Waals surface area contributed by atoms with E-state index >= 15 is 0 Å². The van der Waals surface area contributed by atoms with E-state index < -0.39 is 12.3 Å². The molecule has 0 aromatic heterocycles. The molecule has 0 bridgehead atoms. The highest BCUT2D eigenvalue weighted by Crippen LogP contribution is 1.81. The monoisotopic (exact) mass is 117 g/mol. The molecule has 0 radical (unpaired) electrons. The summed E-state index contributed by atoms with van der Waals surface area (Å²) >= 11 is 0. The van der Waals surface area contributed by atoms with Crippen LogP contribution in [0, 0.1) is 5.41 Å². The second kappa shape index (κ2) is 3.15. The van der Waals surface area contributed by atoms with E-state index in [1.807, 2.05) is 0 Å². The van der Waals surface area contributed by atoms with Gasteiger partial charge in [0, 0.05) is 0 Å². The summed E-state index contributed by atoms with van der Waals surface area (Å²) in [6.07, 6.45) is -0.628. The molecule has 4 nitrogen and oxygen atoms in total. The van der Waals surface area contributed by atoms with Crippen molar-refractivity contribution < 1.29 is 14.6 Å². The van der Waals surface area contributed by atoms with Crippen LogP contribution in [0.2, 0.25) is 0 Å². The molecule has 0 aromatic carbocycles. The van der Waals surface area contributed by atoms with Gasteiger partial charge < -0.3 is 15.3 Å². The Balaban J connectivity index is 3.39. The van der Waals surface area contributed by atoms with Crippen LogP contribution < -0.4 is 0 Å². The lowest BCUT2D eigenvalue weighted by atomic mass is 10.7. The Labute approximate surface area is 46.6 Å². The quantitative estimate of drug-likeness (QED) is 0.291. The lowest BCUT2D eigenvalue weighted by Gasteiger charge is -2.00. The van der Waals surface area contributed by atoms with Gasteiger partial charge >= 0.3 is 5.97 Å². The Bertz CT molecular complexity index is 99.5. The van der Waals surface area contributed by atoms with Crippen LogP contribution in [0.15, 0.2) is 0 Å². The first kappa shape index (κ1) is 7.10. The summed E-state index contributed by atoms with van der Waals surface area (Å²) < 4.78 is 4.07. The number of aliphatic hydroxyl groups excluding tert-OH is 1. The molecule has 1 atom stereocenters. The predicted octanol–water partition coefficient (Wildman–Crippen LogP) is -0.483. The Hall–Kier alpha value is -0.900. The van der Waals surface area contributed by atoms with Crippen LogP contribution in [0.1, 0.15) is 6.92 Å². The van der Waals surface area contributed by atoms with Crippen molar-refractivity contribution in [2.24, 2.45) is 0 Å². The zero-order chi connectivity index (χ0) is 6.57. The van der Waals surface area contributed by atoms with Crippen molar-refractivity contribution in [3.8, 4) is 0 Å². The number of aliphatic hydroxyl groups is 1. The molecule has 0 aliphatic rings. The summed E-state index contributed by atoms with van der Waals surface area (Å²) in [5.74, 6) is -0.833. The van der Waals surface area contributed by atoms with E-state index in [2.05, 4.69) is 4.74 Å². The first-order valence-corrected chi connectivity index (χ1v) is 2.06. The molecule has 0 amide bonds. The van der Waals surface area contributed by atoms with Gasteiger partial charge in [-0.15, -0.1) is 0 Å². The molecule has 1 unspecified atom stereocenters. The maximum atomic E-state index is 10.00. The fourth-order valence-electron chi connectivity index (χ4n) is 0.202. The highest BCUT2D eigenvalue weighted by Gasteiger charge is 1.99. The van der Waals surface area contributed by atoms with E-state index in [9.17, 15) is 4.79 Å². The molecule has 2 N–H and O–H groups in total. The highest BCUT2D eigenvalue weighted by molar-refractivity contribution is 6.21. The van der Waals surface area contributed by atoms with Crippen molar-refractivity contribution in [1.29, 1.82) is 5.41 Å². The first-order valence-electron chi connectivity index (χ1n) is 2.06. The van der Waals surface area contributed by atoms with Gasteiger partial charge in [-0.3, -0.25) is 0 Å². The zero-order valence-electron chi connectivity index (χ0n) is 4.42. The van der Waals surface area contributed by atoms with Crippen molar-refractivity contribution in [3.05, 3.63) is 0 Å². The van der Waals surface area contributed by atoms with E-state index in [0.29, 0.717) is 6.21 Å². The Kier molecular flexibility index (Phi) is 2.79. The minimum absolute atomic E-state index is 0.493. The third-order valence-corrected chi connectivity index (χ3v) is 0.405. The first-order chi connectivity index (χ1) is 3.66. The minimum Gasteiger partial charge on any atom is -0.432 e. The normalized spacial score (nSPS) is 12.2. The molecule has 0 fully saturated rings. The molecule has 46 valence electrons. The third kappa shape index (κ3) is 3.30. The molecule has 0 saturated heterocycles. The molecule has 0 spiro atoms. The Morgan fingerprint density at radius 3 is 2.62 bits per heavy atom. The Morgan fingerprint density at radius 2 is 2.50 bits per heavy atom. The van der Waals surface area contributed by atoms with E-state index in [-0.39, 0.29) is 0 Å². The smallest absolute Gasteiger partial charge is 0.350 e. The molecule has 0 aliphatic heterocycles. The van der Waals surface area contributed by atoms with E-state index in [1.165, 1.54) is 6.92 Å². The van der Waals surface area contributed by atoms with Crippen LogP contribution >= 0.6 is 0 Å². The van der Waals surface area contributed by atoms with Crippen LogP contribution in [-0.4, -0.2) is 23.6 Å². The number of hydrogen-bond donors (Lipinski definition) is 2. The second-order valence-electron chi connectivity index (χ2n) is 1.18. The molecule has 0 aromatic rings. The number of ether oxygens (including phenoxy) is 1.